The summed E-state index contributed by atoms with van der Waals surface area (Å²) < 4.78 is 2.68. The molecule has 5 heteroatoms. The minimum absolute atomic E-state index is 0.00681. The average molecular weight is 330 g/mol. The van der Waals surface area contributed by atoms with Crippen molar-refractivity contribution in [2.45, 2.75) is 6.54 Å². The summed E-state index contributed by atoms with van der Waals surface area (Å²) in [6, 6.07) is 14.9. The molecule has 0 aliphatic heterocycles. The van der Waals surface area contributed by atoms with Crippen molar-refractivity contribution in [1.29, 1.82) is 0 Å². The van der Waals surface area contributed by atoms with Gasteiger partial charge in [-0.05, 0) is 24.3 Å². The summed E-state index contributed by atoms with van der Waals surface area (Å²) in [6.07, 6.45) is 0. The fourth-order valence-corrected chi connectivity index (χ4v) is 2.40. The lowest BCUT2D eigenvalue weighted by atomic mass is 10.1. The normalized spacial score (nSPS) is 10.8. The Morgan fingerprint density at radius 2 is 1.85 bits per heavy atom. The second-order valence-corrected chi connectivity index (χ2v) is 5.39. The number of nitrogens with zero attached hydrogens (tertiary/aromatic N) is 2. The molecule has 4 nitrogen and oxygen atoms in total. The van der Waals surface area contributed by atoms with E-state index in [1.807, 2.05) is 36.4 Å². The van der Waals surface area contributed by atoms with Gasteiger partial charge in [-0.25, -0.2) is 4.98 Å². The molecule has 20 heavy (non-hydrogen) atoms. The van der Waals surface area contributed by atoms with E-state index >= 15 is 0 Å². The van der Waals surface area contributed by atoms with Gasteiger partial charge in [0.1, 0.15) is 0 Å². The number of benzene rings is 2. The molecule has 100 valence electrons. The lowest BCUT2D eigenvalue weighted by Gasteiger charge is -2.06. The van der Waals surface area contributed by atoms with Gasteiger partial charge in [0.2, 0.25) is 5.95 Å². The highest BCUT2D eigenvalue weighted by Crippen LogP contribution is 2.18. The number of Topliss-reactive ketones (excluding diaryl/α,β-unsaturated/α-hetero) is 1. The van der Waals surface area contributed by atoms with Crippen LogP contribution in [0.2, 0.25) is 0 Å². The van der Waals surface area contributed by atoms with Crippen LogP contribution in [-0.4, -0.2) is 15.3 Å². The van der Waals surface area contributed by atoms with Gasteiger partial charge in [0.15, 0.2) is 5.78 Å². The maximum atomic E-state index is 12.3. The van der Waals surface area contributed by atoms with Crippen molar-refractivity contribution in [1.82, 2.24) is 9.55 Å². The van der Waals surface area contributed by atoms with Gasteiger partial charge in [0.25, 0.3) is 0 Å². The topological polar surface area (TPSA) is 60.9 Å². The first-order valence-electron chi connectivity index (χ1n) is 6.14. The highest BCUT2D eigenvalue weighted by atomic mass is 79.9. The molecule has 0 fully saturated rings. The Balaban J connectivity index is 1.95. The Bertz CT molecular complexity index is 777. The van der Waals surface area contributed by atoms with Gasteiger partial charge in [0, 0.05) is 10.0 Å². The number of carbonyl (C=O) groups excluding carboxylic acids is 1. The molecule has 0 spiro atoms. The number of ketones is 1. The fraction of sp³-hybridized carbons (Fsp3) is 0.0667. The van der Waals surface area contributed by atoms with E-state index < -0.39 is 0 Å². The SMILES string of the molecule is Nc1nc2ccccc2n1CC(=O)c1ccc(Br)cc1. The number of halogens is 1. The summed E-state index contributed by atoms with van der Waals surface area (Å²) in [4.78, 5) is 16.6. The van der Waals surface area contributed by atoms with Gasteiger partial charge >= 0.3 is 0 Å². The molecule has 0 unspecified atom stereocenters. The number of hydrogen-bond acceptors (Lipinski definition) is 3. The summed E-state index contributed by atoms with van der Waals surface area (Å²) in [5, 5.41) is 0. The molecule has 2 N–H and O–H groups in total. The van der Waals surface area contributed by atoms with E-state index in [-0.39, 0.29) is 12.3 Å². The Morgan fingerprint density at radius 1 is 1.15 bits per heavy atom. The van der Waals surface area contributed by atoms with Gasteiger partial charge in [-0.15, -0.1) is 0 Å². The Kier molecular flexibility index (Phi) is 3.28. The highest BCUT2D eigenvalue weighted by molar-refractivity contribution is 9.10. The molecule has 3 rings (SSSR count). The van der Waals surface area contributed by atoms with Crippen LogP contribution in [0.15, 0.2) is 53.0 Å². The van der Waals surface area contributed by atoms with Crippen molar-refractivity contribution >= 4 is 38.7 Å². The van der Waals surface area contributed by atoms with Crippen LogP contribution in [0.25, 0.3) is 11.0 Å². The monoisotopic (exact) mass is 329 g/mol. The Labute approximate surface area is 124 Å². The molecular weight excluding hydrogens is 318 g/mol. The van der Waals surface area contributed by atoms with E-state index in [9.17, 15) is 4.79 Å². The number of anilines is 1. The van der Waals surface area contributed by atoms with E-state index in [1.165, 1.54) is 0 Å². The minimum Gasteiger partial charge on any atom is -0.369 e. The van der Waals surface area contributed by atoms with Crippen LogP contribution in [0.5, 0.6) is 0 Å². The van der Waals surface area contributed by atoms with Crippen LogP contribution >= 0.6 is 15.9 Å². The lowest BCUT2D eigenvalue weighted by Crippen LogP contribution is -2.12. The van der Waals surface area contributed by atoms with Gasteiger partial charge in [-0.1, -0.05) is 40.2 Å². The number of carbonyl (C=O) groups is 1. The number of rotatable bonds is 3. The molecule has 0 amide bonds. The third-order valence-electron chi connectivity index (χ3n) is 3.15. The molecular formula is C15H12BrN3O. The average Bonchev–Trinajstić information content (AvgIpc) is 2.76. The number of imidazole rings is 1. The second-order valence-electron chi connectivity index (χ2n) is 4.47. The van der Waals surface area contributed by atoms with Crippen LogP contribution in [0, 0.1) is 0 Å². The molecule has 0 aliphatic rings. The molecule has 3 aromatic rings. The van der Waals surface area contributed by atoms with Crippen LogP contribution in [0.1, 0.15) is 10.4 Å². The second kappa shape index (κ2) is 5.09. The molecule has 1 aromatic heterocycles. The number of para-hydroxylation sites is 2. The lowest BCUT2D eigenvalue weighted by molar-refractivity contribution is 0.0974. The number of fused-ring (bicyclic) bond motifs is 1. The molecule has 0 saturated carbocycles. The smallest absolute Gasteiger partial charge is 0.201 e. The molecule has 0 aliphatic carbocycles. The maximum absolute atomic E-state index is 12.3. The number of aromatic nitrogens is 2. The molecule has 2 aromatic carbocycles. The van der Waals surface area contributed by atoms with Crippen molar-refractivity contribution in [3.05, 3.63) is 58.6 Å². The third-order valence-corrected chi connectivity index (χ3v) is 3.68. The van der Waals surface area contributed by atoms with E-state index in [0.717, 1.165) is 15.5 Å². The van der Waals surface area contributed by atoms with Crippen LogP contribution in [0.4, 0.5) is 5.95 Å². The number of nitrogens with two attached hydrogens (primary N) is 1. The predicted molar refractivity (Wildman–Crippen MR) is 82.6 cm³/mol. The van der Waals surface area contributed by atoms with E-state index in [0.29, 0.717) is 11.5 Å². The van der Waals surface area contributed by atoms with Gasteiger partial charge in [-0.2, -0.15) is 0 Å². The van der Waals surface area contributed by atoms with Gasteiger partial charge in [-0.3, -0.25) is 4.79 Å². The standard InChI is InChI=1S/C15H12BrN3O/c16-11-7-5-10(6-8-11)14(20)9-19-13-4-2-1-3-12(13)18-15(19)17/h1-8H,9H2,(H2,17,18). The summed E-state index contributed by atoms with van der Waals surface area (Å²) >= 11 is 3.35. The first-order valence-corrected chi connectivity index (χ1v) is 6.94. The van der Waals surface area contributed by atoms with Crippen molar-refractivity contribution in [3.63, 3.8) is 0 Å². The maximum Gasteiger partial charge on any atom is 0.201 e. The predicted octanol–water partition coefficient (Wildman–Crippen LogP) is 3.26. The zero-order valence-electron chi connectivity index (χ0n) is 10.6. The fourth-order valence-electron chi connectivity index (χ4n) is 2.13. The van der Waals surface area contributed by atoms with Crippen molar-refractivity contribution in [3.8, 4) is 0 Å². The summed E-state index contributed by atoms with van der Waals surface area (Å²) in [5.41, 5.74) is 8.22. The van der Waals surface area contributed by atoms with Crippen LogP contribution < -0.4 is 5.73 Å². The van der Waals surface area contributed by atoms with Crippen molar-refractivity contribution in [2.75, 3.05) is 5.73 Å². The molecule has 0 saturated heterocycles. The van der Waals surface area contributed by atoms with Gasteiger partial charge < -0.3 is 10.3 Å². The largest absolute Gasteiger partial charge is 0.369 e. The summed E-state index contributed by atoms with van der Waals surface area (Å²) in [7, 11) is 0. The Hall–Kier alpha value is -2.14. The molecule has 0 atom stereocenters. The minimum atomic E-state index is 0.00681. The number of nitrogen functional groups attached to an aromatic ring is 1. The first kappa shape index (κ1) is 12.9. The number of hydrogen-bond donors (Lipinski definition) is 1. The van der Waals surface area contributed by atoms with E-state index in [4.69, 9.17) is 5.73 Å². The molecule has 0 radical (unpaired) electrons. The quantitative estimate of drug-likeness (QED) is 0.750. The molecule has 0 bridgehead atoms. The van der Waals surface area contributed by atoms with Crippen molar-refractivity contribution in [2.24, 2.45) is 0 Å². The zero-order chi connectivity index (χ0) is 14.1. The van der Waals surface area contributed by atoms with Gasteiger partial charge in [0.05, 0.1) is 17.6 Å². The third kappa shape index (κ3) is 2.32. The van der Waals surface area contributed by atoms with Crippen LogP contribution in [-0.2, 0) is 6.54 Å². The van der Waals surface area contributed by atoms with Crippen molar-refractivity contribution < 1.29 is 4.79 Å². The van der Waals surface area contributed by atoms with E-state index in [1.54, 1.807) is 16.7 Å². The van der Waals surface area contributed by atoms with E-state index in [2.05, 4.69) is 20.9 Å². The zero-order valence-corrected chi connectivity index (χ0v) is 12.2. The highest BCUT2D eigenvalue weighted by Gasteiger charge is 2.12. The first-order chi connectivity index (χ1) is 9.65. The van der Waals surface area contributed by atoms with Crippen LogP contribution in [0.3, 0.4) is 0 Å². The summed E-state index contributed by atoms with van der Waals surface area (Å²) in [5.74, 6) is 0.365. The molecule has 1 heterocycles. The Morgan fingerprint density at radius 3 is 2.60 bits per heavy atom. The summed E-state index contributed by atoms with van der Waals surface area (Å²) in [6.45, 7) is 0.188.